The molecule has 0 aliphatic heterocycles. The fourth-order valence-corrected chi connectivity index (χ4v) is 2.11. The minimum atomic E-state index is -1.38. The molecule has 5 N–H and O–H groups in total. The third kappa shape index (κ3) is 7.46. The summed E-state index contributed by atoms with van der Waals surface area (Å²) < 4.78 is 0. The zero-order valence-corrected chi connectivity index (χ0v) is 14.9. The van der Waals surface area contributed by atoms with E-state index in [1.165, 1.54) is 12.1 Å². The van der Waals surface area contributed by atoms with Crippen molar-refractivity contribution in [2.45, 2.75) is 11.3 Å². The Morgan fingerprint density at radius 1 is 0.963 bits per heavy atom. The van der Waals surface area contributed by atoms with E-state index in [2.05, 4.69) is 23.3 Å². The molecule has 10 nitrogen and oxygen atoms in total. The van der Waals surface area contributed by atoms with Gasteiger partial charge in [0, 0.05) is 5.56 Å². The summed E-state index contributed by atoms with van der Waals surface area (Å²) in [6, 6.07) is 6.62. The normalized spacial score (nSPS) is 12.4. The number of aliphatic hydroxyl groups excluding tert-OH is 1. The van der Waals surface area contributed by atoms with Gasteiger partial charge in [-0.15, -0.1) is 0 Å². The first kappa shape index (κ1) is 22.1. The number of Topliss-reactive ketones (excluding diaryl/α,β-unsaturated/α-hetero) is 1. The first-order valence-corrected chi connectivity index (χ1v) is 8.22. The Kier molecular flexibility index (Phi) is 8.96. The summed E-state index contributed by atoms with van der Waals surface area (Å²) in [7, 11) is 0. The summed E-state index contributed by atoms with van der Waals surface area (Å²) in [5, 5.41) is 22.6. The lowest BCUT2D eigenvalue weighted by atomic mass is 10.1. The van der Waals surface area contributed by atoms with Gasteiger partial charge < -0.3 is 26.2 Å². The van der Waals surface area contributed by atoms with E-state index in [0.29, 0.717) is 0 Å². The number of nitrogens with one attached hydrogen (secondary N) is 3. The van der Waals surface area contributed by atoms with Crippen molar-refractivity contribution in [3.05, 3.63) is 35.9 Å². The van der Waals surface area contributed by atoms with E-state index in [4.69, 9.17) is 10.2 Å². The van der Waals surface area contributed by atoms with Gasteiger partial charge in [-0.2, -0.15) is 12.6 Å². The van der Waals surface area contributed by atoms with Crippen molar-refractivity contribution in [3.8, 4) is 0 Å². The SMILES string of the molecule is O=C(O)CNC(=O)[C@@H](CO)NC(=O)CNC(=O)C(S)C(=O)c1ccccc1. The molecular weight excluding hydrogens is 378 g/mol. The molecule has 0 heterocycles. The quantitative estimate of drug-likeness (QED) is 0.151. The van der Waals surface area contributed by atoms with Gasteiger partial charge in [0.1, 0.15) is 17.8 Å². The predicted octanol–water partition coefficient (Wildman–Crippen LogP) is -2.04. The molecule has 1 aromatic rings. The molecule has 0 aliphatic carbocycles. The summed E-state index contributed by atoms with van der Waals surface area (Å²) in [5.41, 5.74) is 0.285. The van der Waals surface area contributed by atoms with Crippen molar-refractivity contribution >= 4 is 42.1 Å². The van der Waals surface area contributed by atoms with Crippen LogP contribution in [0.25, 0.3) is 0 Å². The van der Waals surface area contributed by atoms with Crippen LogP contribution in [0, 0.1) is 0 Å². The van der Waals surface area contributed by atoms with E-state index in [-0.39, 0.29) is 5.56 Å². The third-order valence-electron chi connectivity index (χ3n) is 3.23. The fourth-order valence-electron chi connectivity index (χ4n) is 1.87. The highest BCUT2D eigenvalue weighted by Gasteiger charge is 2.25. The number of ketones is 1. The lowest BCUT2D eigenvalue weighted by Gasteiger charge is -2.16. The molecule has 3 amide bonds. The number of carboxylic acids is 1. The van der Waals surface area contributed by atoms with Gasteiger partial charge in [0.15, 0.2) is 5.78 Å². The molecule has 0 bridgehead atoms. The van der Waals surface area contributed by atoms with Gasteiger partial charge in [-0.05, 0) is 0 Å². The van der Waals surface area contributed by atoms with Crippen LogP contribution < -0.4 is 16.0 Å². The molecule has 146 valence electrons. The minimum Gasteiger partial charge on any atom is -0.480 e. The van der Waals surface area contributed by atoms with Gasteiger partial charge in [-0.25, -0.2) is 0 Å². The number of benzene rings is 1. The second kappa shape index (κ2) is 10.9. The number of aliphatic hydroxyl groups is 1. The average Bonchev–Trinajstić information content (AvgIpc) is 2.67. The van der Waals surface area contributed by atoms with Crippen LogP contribution in [-0.4, -0.2) is 70.7 Å². The molecule has 1 rings (SSSR count). The molecular formula is C16H19N3O7S. The summed E-state index contributed by atoms with van der Waals surface area (Å²) in [6.07, 6.45) is 0. The van der Waals surface area contributed by atoms with Crippen LogP contribution in [0.5, 0.6) is 0 Å². The molecule has 1 aromatic carbocycles. The fraction of sp³-hybridized carbons (Fsp3) is 0.312. The highest BCUT2D eigenvalue weighted by Crippen LogP contribution is 2.08. The summed E-state index contributed by atoms with van der Waals surface area (Å²) in [4.78, 5) is 57.8. The zero-order valence-electron chi connectivity index (χ0n) is 14.0. The van der Waals surface area contributed by atoms with Crippen LogP contribution in [0.3, 0.4) is 0 Å². The number of carboxylic acid groups (broad SMARTS) is 1. The highest BCUT2D eigenvalue weighted by molar-refractivity contribution is 7.82. The molecule has 0 saturated carbocycles. The Hall–Kier alpha value is -2.92. The number of hydrogen-bond acceptors (Lipinski definition) is 7. The number of thiol groups is 1. The van der Waals surface area contributed by atoms with Crippen LogP contribution in [0.15, 0.2) is 30.3 Å². The van der Waals surface area contributed by atoms with Crippen LogP contribution in [0.1, 0.15) is 10.4 Å². The molecule has 0 spiro atoms. The van der Waals surface area contributed by atoms with E-state index in [1.807, 2.05) is 5.32 Å². The van der Waals surface area contributed by atoms with E-state index in [1.54, 1.807) is 18.2 Å². The van der Waals surface area contributed by atoms with Crippen molar-refractivity contribution in [2.75, 3.05) is 19.7 Å². The summed E-state index contributed by atoms with van der Waals surface area (Å²) in [5.74, 6) is -4.36. The molecule has 0 aliphatic rings. The maximum absolute atomic E-state index is 12.1. The number of carbonyl (C=O) groups excluding carboxylic acids is 4. The molecule has 27 heavy (non-hydrogen) atoms. The Bertz CT molecular complexity index is 711. The molecule has 0 fully saturated rings. The number of hydrogen-bond donors (Lipinski definition) is 6. The molecule has 0 aromatic heterocycles. The highest BCUT2D eigenvalue weighted by atomic mass is 32.1. The maximum atomic E-state index is 12.1. The lowest BCUT2D eigenvalue weighted by molar-refractivity contribution is -0.138. The monoisotopic (exact) mass is 397 g/mol. The maximum Gasteiger partial charge on any atom is 0.322 e. The van der Waals surface area contributed by atoms with Crippen LogP contribution in [0.2, 0.25) is 0 Å². The second-order valence-electron chi connectivity index (χ2n) is 5.26. The lowest BCUT2D eigenvalue weighted by Crippen LogP contribution is -2.52. The Morgan fingerprint density at radius 2 is 1.56 bits per heavy atom. The van der Waals surface area contributed by atoms with E-state index in [0.717, 1.165) is 0 Å². The topological polar surface area (TPSA) is 162 Å². The second-order valence-corrected chi connectivity index (χ2v) is 5.78. The number of aliphatic carboxylic acids is 1. The first-order chi connectivity index (χ1) is 12.8. The zero-order chi connectivity index (χ0) is 20.4. The molecule has 1 unspecified atom stereocenters. The van der Waals surface area contributed by atoms with E-state index < -0.39 is 60.5 Å². The number of amides is 3. The van der Waals surface area contributed by atoms with Gasteiger partial charge >= 0.3 is 5.97 Å². The minimum absolute atomic E-state index is 0.285. The van der Waals surface area contributed by atoms with Crippen molar-refractivity contribution in [2.24, 2.45) is 0 Å². The van der Waals surface area contributed by atoms with Crippen molar-refractivity contribution in [1.82, 2.24) is 16.0 Å². The van der Waals surface area contributed by atoms with Gasteiger partial charge in [0.2, 0.25) is 17.7 Å². The first-order valence-electron chi connectivity index (χ1n) is 7.71. The van der Waals surface area contributed by atoms with Crippen LogP contribution >= 0.6 is 12.6 Å². The van der Waals surface area contributed by atoms with Crippen molar-refractivity contribution in [1.29, 1.82) is 0 Å². The van der Waals surface area contributed by atoms with Crippen LogP contribution in [-0.2, 0) is 19.2 Å². The van der Waals surface area contributed by atoms with Crippen LogP contribution in [0.4, 0.5) is 0 Å². The molecule has 2 atom stereocenters. The Balaban J connectivity index is 2.50. The molecule has 0 saturated heterocycles. The average molecular weight is 397 g/mol. The van der Waals surface area contributed by atoms with Gasteiger partial charge in [-0.1, -0.05) is 30.3 Å². The number of carbonyl (C=O) groups is 5. The van der Waals surface area contributed by atoms with Gasteiger partial charge in [0.25, 0.3) is 0 Å². The van der Waals surface area contributed by atoms with Gasteiger partial charge in [-0.3, -0.25) is 24.0 Å². The summed E-state index contributed by atoms with van der Waals surface area (Å²) in [6.45, 7) is -2.02. The Labute approximate surface area is 159 Å². The van der Waals surface area contributed by atoms with Gasteiger partial charge in [0.05, 0.1) is 13.2 Å². The van der Waals surface area contributed by atoms with E-state index in [9.17, 15) is 24.0 Å². The number of rotatable bonds is 10. The molecule has 0 radical (unpaired) electrons. The summed E-state index contributed by atoms with van der Waals surface area (Å²) >= 11 is 3.95. The van der Waals surface area contributed by atoms with Crippen molar-refractivity contribution in [3.63, 3.8) is 0 Å². The van der Waals surface area contributed by atoms with Crippen molar-refractivity contribution < 1.29 is 34.2 Å². The standard InChI is InChI=1S/C16H19N3O7S/c20-8-10(15(25)18-7-12(22)23)19-11(21)6-17-16(26)14(27)13(24)9-4-2-1-3-5-9/h1-5,10,14,20,27H,6-8H2,(H,17,26)(H,18,25)(H,19,21)(H,22,23)/t10-,14?/m1/s1. The predicted molar refractivity (Wildman–Crippen MR) is 96.2 cm³/mol. The smallest absolute Gasteiger partial charge is 0.322 e. The Morgan fingerprint density at radius 3 is 2.11 bits per heavy atom. The largest absolute Gasteiger partial charge is 0.480 e. The van der Waals surface area contributed by atoms with E-state index >= 15 is 0 Å². The third-order valence-corrected chi connectivity index (χ3v) is 3.70. The molecule has 11 heteroatoms.